The summed E-state index contributed by atoms with van der Waals surface area (Å²) in [7, 11) is 0. The molecule has 4 aromatic heterocycles. The molecular weight excluding hydrogens is 374 g/mol. The molecule has 0 spiro atoms. The predicted molar refractivity (Wildman–Crippen MR) is 118 cm³/mol. The predicted octanol–water partition coefficient (Wildman–Crippen LogP) is 4.88. The Bertz CT molecular complexity index is 1100. The first-order valence-electron chi connectivity index (χ1n) is 10.5. The lowest BCUT2D eigenvalue weighted by Crippen LogP contribution is -2.12. The molecule has 2 N–H and O–H groups in total. The summed E-state index contributed by atoms with van der Waals surface area (Å²) in [5.74, 6) is 1.58. The zero-order valence-electron chi connectivity index (χ0n) is 16.8. The molecule has 4 heterocycles. The number of nitrogens with one attached hydrogen (secondary N) is 2. The molecule has 0 unspecified atom stereocenters. The lowest BCUT2D eigenvalue weighted by atomic mass is 10.1. The minimum absolute atomic E-state index is 0.338. The number of anilines is 1. The molecule has 0 saturated heterocycles. The molecule has 1 saturated carbocycles. The van der Waals surface area contributed by atoms with E-state index in [-0.39, 0.29) is 0 Å². The van der Waals surface area contributed by atoms with Crippen LogP contribution in [0.5, 0.6) is 5.88 Å². The molecule has 152 valence electrons. The zero-order valence-corrected chi connectivity index (χ0v) is 16.8. The Hall–Kier alpha value is -3.41. The van der Waals surface area contributed by atoms with Gasteiger partial charge in [0.2, 0.25) is 5.88 Å². The van der Waals surface area contributed by atoms with Crippen molar-refractivity contribution in [1.29, 1.82) is 0 Å². The third-order valence-electron chi connectivity index (χ3n) is 5.62. The molecule has 1 aliphatic rings. The number of hydrogen-bond donors (Lipinski definition) is 2. The van der Waals surface area contributed by atoms with E-state index in [4.69, 9.17) is 4.74 Å². The number of H-pyrrole nitrogens is 1. The van der Waals surface area contributed by atoms with Gasteiger partial charge >= 0.3 is 0 Å². The maximum absolute atomic E-state index is 5.93. The highest BCUT2D eigenvalue weighted by atomic mass is 16.5. The second kappa shape index (κ2) is 8.53. The van der Waals surface area contributed by atoms with Crippen LogP contribution in [0.3, 0.4) is 0 Å². The maximum Gasteiger partial charge on any atom is 0.213 e. The van der Waals surface area contributed by atoms with E-state index < -0.39 is 0 Å². The normalized spacial score (nSPS) is 14.3. The number of rotatable bonds is 7. The van der Waals surface area contributed by atoms with Crippen LogP contribution in [0.1, 0.15) is 42.4 Å². The molecule has 0 radical (unpaired) electrons. The summed E-state index contributed by atoms with van der Waals surface area (Å²) in [5, 5.41) is 4.52. The van der Waals surface area contributed by atoms with Gasteiger partial charge in [-0.1, -0.05) is 12.1 Å². The van der Waals surface area contributed by atoms with E-state index in [9.17, 15) is 0 Å². The van der Waals surface area contributed by atoms with E-state index in [1.165, 1.54) is 24.0 Å². The molecule has 0 aliphatic heterocycles. The molecule has 6 nitrogen and oxygen atoms in total. The molecule has 0 amide bonds. The van der Waals surface area contributed by atoms with Crippen LogP contribution in [0.25, 0.3) is 11.0 Å². The fourth-order valence-corrected chi connectivity index (χ4v) is 3.97. The second-order valence-corrected chi connectivity index (χ2v) is 7.82. The number of hydrogen-bond acceptors (Lipinski definition) is 5. The molecule has 1 aliphatic carbocycles. The van der Waals surface area contributed by atoms with Crippen LogP contribution in [0.15, 0.2) is 61.2 Å². The van der Waals surface area contributed by atoms with Gasteiger partial charge in [0.1, 0.15) is 17.6 Å². The number of fused-ring (bicyclic) bond motifs is 1. The summed E-state index contributed by atoms with van der Waals surface area (Å²) in [6.45, 7) is 0.678. The highest BCUT2D eigenvalue weighted by molar-refractivity contribution is 5.79. The lowest BCUT2D eigenvalue weighted by Gasteiger charge is -2.12. The van der Waals surface area contributed by atoms with Gasteiger partial charge in [-0.05, 0) is 60.6 Å². The van der Waals surface area contributed by atoms with Crippen molar-refractivity contribution in [3.8, 4) is 5.88 Å². The van der Waals surface area contributed by atoms with Crippen LogP contribution in [-0.4, -0.2) is 26.0 Å². The number of aromatic nitrogens is 4. The minimum atomic E-state index is 0.338. The highest BCUT2D eigenvalue weighted by Gasteiger charge is 2.16. The van der Waals surface area contributed by atoms with Crippen LogP contribution >= 0.6 is 0 Å². The smallest absolute Gasteiger partial charge is 0.213 e. The molecule has 0 bridgehead atoms. The van der Waals surface area contributed by atoms with E-state index in [2.05, 4.69) is 43.5 Å². The summed E-state index contributed by atoms with van der Waals surface area (Å²) < 4.78 is 5.93. The summed E-state index contributed by atoms with van der Waals surface area (Å²) in [6.07, 6.45) is 13.6. The quantitative estimate of drug-likeness (QED) is 0.463. The third kappa shape index (κ3) is 4.27. The molecular formula is C24H25N5O. The SMILES string of the molecule is c1cnc2[nH]cc(Cc3ccc(NCc4ccc(OC5CCCC5)nc4)nc3)c2c1. The summed E-state index contributed by atoms with van der Waals surface area (Å²) in [6, 6.07) is 12.2. The van der Waals surface area contributed by atoms with Gasteiger partial charge in [0, 0.05) is 49.2 Å². The van der Waals surface area contributed by atoms with Crippen molar-refractivity contribution in [1.82, 2.24) is 19.9 Å². The van der Waals surface area contributed by atoms with Crippen molar-refractivity contribution in [3.05, 3.63) is 77.9 Å². The molecule has 5 rings (SSSR count). The fraction of sp³-hybridized carbons (Fsp3) is 0.292. The van der Waals surface area contributed by atoms with Gasteiger partial charge in [0.05, 0.1) is 0 Å². The average Bonchev–Trinajstić information content (AvgIpc) is 3.45. The number of aromatic amines is 1. The Morgan fingerprint density at radius 3 is 2.63 bits per heavy atom. The van der Waals surface area contributed by atoms with E-state index in [1.807, 2.05) is 36.8 Å². The first-order valence-corrected chi connectivity index (χ1v) is 10.5. The number of nitrogens with zero attached hydrogens (tertiary/aromatic N) is 3. The molecule has 30 heavy (non-hydrogen) atoms. The first kappa shape index (κ1) is 18.6. The largest absolute Gasteiger partial charge is 0.474 e. The van der Waals surface area contributed by atoms with E-state index in [0.717, 1.165) is 47.6 Å². The topological polar surface area (TPSA) is 75.7 Å². The molecule has 6 heteroatoms. The number of ether oxygens (including phenoxy) is 1. The maximum atomic E-state index is 5.93. The molecule has 0 aromatic carbocycles. The first-order chi connectivity index (χ1) is 14.8. The van der Waals surface area contributed by atoms with E-state index in [0.29, 0.717) is 12.6 Å². The fourth-order valence-electron chi connectivity index (χ4n) is 3.97. The van der Waals surface area contributed by atoms with Crippen LogP contribution in [-0.2, 0) is 13.0 Å². The van der Waals surface area contributed by atoms with Gasteiger partial charge in [-0.25, -0.2) is 15.0 Å². The van der Waals surface area contributed by atoms with Gasteiger partial charge in [0.15, 0.2) is 0 Å². The summed E-state index contributed by atoms with van der Waals surface area (Å²) in [5.41, 5.74) is 4.42. The Morgan fingerprint density at radius 2 is 1.83 bits per heavy atom. The van der Waals surface area contributed by atoms with Gasteiger partial charge in [-0.2, -0.15) is 0 Å². The average molecular weight is 399 g/mol. The van der Waals surface area contributed by atoms with Crippen molar-refractivity contribution in [2.45, 2.75) is 44.8 Å². The van der Waals surface area contributed by atoms with Crippen molar-refractivity contribution in [2.75, 3.05) is 5.32 Å². The third-order valence-corrected chi connectivity index (χ3v) is 5.62. The van der Waals surface area contributed by atoms with Gasteiger partial charge in [0.25, 0.3) is 0 Å². The van der Waals surface area contributed by atoms with Crippen LogP contribution < -0.4 is 10.1 Å². The van der Waals surface area contributed by atoms with Crippen molar-refractivity contribution in [3.63, 3.8) is 0 Å². The zero-order chi connectivity index (χ0) is 20.2. The van der Waals surface area contributed by atoms with Gasteiger partial charge in [-0.3, -0.25) is 0 Å². The van der Waals surface area contributed by atoms with Crippen LogP contribution in [0, 0.1) is 0 Å². The van der Waals surface area contributed by atoms with E-state index >= 15 is 0 Å². The number of pyridine rings is 3. The Labute approximate surface area is 175 Å². The molecule has 0 atom stereocenters. The van der Waals surface area contributed by atoms with Crippen molar-refractivity contribution >= 4 is 16.9 Å². The molecule has 1 fully saturated rings. The summed E-state index contributed by atoms with van der Waals surface area (Å²) in [4.78, 5) is 16.6. The van der Waals surface area contributed by atoms with Crippen molar-refractivity contribution < 1.29 is 4.74 Å². The van der Waals surface area contributed by atoms with E-state index in [1.54, 1.807) is 6.20 Å². The Balaban J connectivity index is 1.16. The van der Waals surface area contributed by atoms with Crippen LogP contribution in [0.2, 0.25) is 0 Å². The Kier molecular flexibility index (Phi) is 5.29. The summed E-state index contributed by atoms with van der Waals surface area (Å²) >= 11 is 0. The highest BCUT2D eigenvalue weighted by Crippen LogP contribution is 2.23. The van der Waals surface area contributed by atoms with Gasteiger partial charge in [-0.15, -0.1) is 0 Å². The lowest BCUT2D eigenvalue weighted by molar-refractivity contribution is 0.201. The van der Waals surface area contributed by atoms with Crippen molar-refractivity contribution in [2.24, 2.45) is 0 Å². The minimum Gasteiger partial charge on any atom is -0.474 e. The standard InChI is InChI=1S/C24H25N5O/c1-2-5-20(4-1)30-23-10-8-18(15-28-23)14-27-22-9-7-17(13-26-22)12-19-16-29-24-21(19)6-3-11-25-24/h3,6-11,13,15-16,20H,1-2,4-5,12,14H2,(H,25,29)(H,26,27). The Morgan fingerprint density at radius 1 is 0.967 bits per heavy atom. The van der Waals surface area contributed by atoms with Gasteiger partial charge < -0.3 is 15.0 Å². The van der Waals surface area contributed by atoms with Crippen LogP contribution in [0.4, 0.5) is 5.82 Å². The second-order valence-electron chi connectivity index (χ2n) is 7.82. The monoisotopic (exact) mass is 399 g/mol. The molecule has 4 aromatic rings.